The third-order valence-corrected chi connectivity index (χ3v) is 5.88. The van der Waals surface area contributed by atoms with Gasteiger partial charge in [0.1, 0.15) is 5.82 Å². The third-order valence-electron chi connectivity index (χ3n) is 5.59. The van der Waals surface area contributed by atoms with Crippen molar-refractivity contribution in [1.29, 1.82) is 0 Å². The van der Waals surface area contributed by atoms with Crippen LogP contribution in [0.5, 0.6) is 0 Å². The average Bonchev–Trinajstić information content (AvgIpc) is 2.77. The van der Waals surface area contributed by atoms with Crippen LogP contribution in [0.4, 0.5) is 26.2 Å². The van der Waals surface area contributed by atoms with E-state index in [0.29, 0.717) is 11.4 Å². The summed E-state index contributed by atoms with van der Waals surface area (Å²) in [4.78, 5) is 28.9. The van der Waals surface area contributed by atoms with Gasteiger partial charge in [-0.2, -0.15) is 0 Å². The molecular weight excluding hydrogens is 419 g/mol. The number of urea groups is 1. The first-order valence-corrected chi connectivity index (χ1v) is 11.0. The molecule has 31 heavy (non-hydrogen) atoms. The molecule has 1 fully saturated rings. The molecule has 0 bridgehead atoms. The van der Waals surface area contributed by atoms with Crippen LogP contribution >= 0.6 is 11.6 Å². The maximum absolute atomic E-state index is 13.2. The van der Waals surface area contributed by atoms with E-state index >= 15 is 0 Å². The monoisotopic (exact) mass is 446 g/mol. The van der Waals surface area contributed by atoms with Crippen molar-refractivity contribution in [3.05, 3.63) is 53.3 Å². The topological polar surface area (TPSA) is 64.7 Å². The number of halogens is 2. The molecule has 0 radical (unpaired) electrons. The Morgan fingerprint density at radius 3 is 2.13 bits per heavy atom. The first kappa shape index (κ1) is 22.9. The van der Waals surface area contributed by atoms with E-state index in [9.17, 15) is 14.0 Å². The van der Waals surface area contributed by atoms with Crippen molar-refractivity contribution >= 4 is 40.6 Å². The van der Waals surface area contributed by atoms with Crippen molar-refractivity contribution < 1.29 is 14.0 Å². The number of carbonyl (C=O) groups is 2. The molecule has 0 aliphatic carbocycles. The van der Waals surface area contributed by atoms with Gasteiger partial charge in [0.2, 0.25) is 5.91 Å². The maximum atomic E-state index is 13.2. The van der Waals surface area contributed by atoms with Crippen molar-refractivity contribution in [3.8, 4) is 0 Å². The number of amides is 3. The van der Waals surface area contributed by atoms with Crippen LogP contribution in [0.15, 0.2) is 42.5 Å². The van der Waals surface area contributed by atoms with Crippen molar-refractivity contribution in [3.63, 3.8) is 0 Å². The standard InChI is InChI=1S/C23H28ClFN4O2/c1-3-16(4-2)22(30)29-13-11-28(12-14-29)19-8-5-17(6-9-19)26-23(31)27-18-7-10-21(25)20(24)15-18/h5-10,15-16H,3-4,11-14H2,1-2H3,(H2,26,27,31). The number of carbonyl (C=O) groups excluding carboxylic acids is 2. The molecule has 1 saturated heterocycles. The Balaban J connectivity index is 1.51. The van der Waals surface area contributed by atoms with E-state index in [1.807, 2.05) is 29.2 Å². The molecule has 2 aromatic carbocycles. The second kappa shape index (κ2) is 10.5. The van der Waals surface area contributed by atoms with Gasteiger partial charge in [0.15, 0.2) is 0 Å². The minimum Gasteiger partial charge on any atom is -0.368 e. The van der Waals surface area contributed by atoms with E-state index in [1.54, 1.807) is 0 Å². The fourth-order valence-corrected chi connectivity index (χ4v) is 3.88. The zero-order chi connectivity index (χ0) is 22.4. The predicted molar refractivity (Wildman–Crippen MR) is 123 cm³/mol. The maximum Gasteiger partial charge on any atom is 0.323 e. The highest BCUT2D eigenvalue weighted by molar-refractivity contribution is 6.31. The predicted octanol–water partition coefficient (Wildman–Crippen LogP) is 5.21. The van der Waals surface area contributed by atoms with Crippen LogP contribution in [0.3, 0.4) is 0 Å². The summed E-state index contributed by atoms with van der Waals surface area (Å²) in [5.41, 5.74) is 2.09. The van der Waals surface area contributed by atoms with Crippen LogP contribution in [-0.2, 0) is 4.79 Å². The molecule has 0 aromatic heterocycles. The number of rotatable bonds is 6. The van der Waals surface area contributed by atoms with Crippen LogP contribution in [0.25, 0.3) is 0 Å². The lowest BCUT2D eigenvalue weighted by Crippen LogP contribution is -2.50. The fraction of sp³-hybridized carbons (Fsp3) is 0.391. The minimum absolute atomic E-state index is 0.0520. The number of benzene rings is 2. The van der Waals surface area contributed by atoms with Crippen molar-refractivity contribution in [1.82, 2.24) is 4.90 Å². The number of nitrogens with zero attached hydrogens (tertiary/aromatic N) is 2. The van der Waals surface area contributed by atoms with Gasteiger partial charge >= 0.3 is 6.03 Å². The van der Waals surface area contributed by atoms with Gasteiger partial charge in [-0.05, 0) is 55.3 Å². The van der Waals surface area contributed by atoms with Gasteiger partial charge in [-0.15, -0.1) is 0 Å². The first-order chi connectivity index (χ1) is 14.9. The van der Waals surface area contributed by atoms with Gasteiger partial charge in [0.25, 0.3) is 0 Å². The minimum atomic E-state index is -0.538. The largest absolute Gasteiger partial charge is 0.368 e. The van der Waals surface area contributed by atoms with Gasteiger partial charge in [-0.3, -0.25) is 4.79 Å². The highest BCUT2D eigenvalue weighted by Crippen LogP contribution is 2.22. The van der Waals surface area contributed by atoms with Crippen LogP contribution in [0.2, 0.25) is 5.02 Å². The number of piperazine rings is 1. The Kier molecular flexibility index (Phi) is 7.74. The van der Waals surface area contributed by atoms with Gasteiger partial charge in [-0.25, -0.2) is 9.18 Å². The zero-order valence-electron chi connectivity index (χ0n) is 17.8. The lowest BCUT2D eigenvalue weighted by Gasteiger charge is -2.37. The zero-order valence-corrected chi connectivity index (χ0v) is 18.6. The average molecular weight is 447 g/mol. The summed E-state index contributed by atoms with van der Waals surface area (Å²) >= 11 is 5.73. The molecule has 2 N–H and O–H groups in total. The van der Waals surface area contributed by atoms with Gasteiger partial charge < -0.3 is 20.4 Å². The van der Waals surface area contributed by atoms with E-state index in [0.717, 1.165) is 44.7 Å². The molecule has 3 amide bonds. The summed E-state index contributed by atoms with van der Waals surface area (Å²) in [6, 6.07) is 11.1. The lowest BCUT2D eigenvalue weighted by atomic mass is 10.0. The van der Waals surface area contributed by atoms with Crippen LogP contribution < -0.4 is 15.5 Å². The smallest absolute Gasteiger partial charge is 0.323 e. The fourth-order valence-electron chi connectivity index (χ4n) is 3.70. The summed E-state index contributed by atoms with van der Waals surface area (Å²) in [5.74, 6) is -0.157. The summed E-state index contributed by atoms with van der Waals surface area (Å²) in [6.07, 6.45) is 1.76. The Labute approximate surface area is 187 Å². The number of nitrogens with one attached hydrogen (secondary N) is 2. The molecule has 0 saturated carbocycles. The molecule has 0 spiro atoms. The van der Waals surface area contributed by atoms with E-state index in [2.05, 4.69) is 29.4 Å². The molecule has 1 aliphatic rings. The highest BCUT2D eigenvalue weighted by Gasteiger charge is 2.25. The lowest BCUT2D eigenvalue weighted by molar-refractivity contribution is -0.136. The van der Waals surface area contributed by atoms with E-state index in [1.165, 1.54) is 18.2 Å². The molecule has 6 nitrogen and oxygen atoms in total. The quantitative estimate of drug-likeness (QED) is 0.640. The second-order valence-corrected chi connectivity index (χ2v) is 7.99. The number of hydrogen-bond acceptors (Lipinski definition) is 3. The van der Waals surface area contributed by atoms with Crippen molar-refractivity contribution in [2.24, 2.45) is 5.92 Å². The first-order valence-electron chi connectivity index (χ1n) is 10.6. The molecule has 1 aliphatic heterocycles. The SMILES string of the molecule is CCC(CC)C(=O)N1CCN(c2ccc(NC(=O)Nc3ccc(F)c(Cl)c3)cc2)CC1. The van der Waals surface area contributed by atoms with Crippen LogP contribution in [-0.4, -0.2) is 43.0 Å². The molecule has 0 unspecified atom stereocenters. The Morgan fingerprint density at radius 1 is 0.968 bits per heavy atom. The summed E-state index contributed by atoms with van der Waals surface area (Å²) in [5, 5.41) is 5.31. The van der Waals surface area contributed by atoms with E-state index in [4.69, 9.17) is 11.6 Å². The molecule has 0 atom stereocenters. The molecular formula is C23H28ClFN4O2. The second-order valence-electron chi connectivity index (χ2n) is 7.58. The third kappa shape index (κ3) is 5.88. The van der Waals surface area contributed by atoms with Crippen LogP contribution in [0, 0.1) is 11.7 Å². The Hall–Kier alpha value is -2.80. The van der Waals surface area contributed by atoms with Crippen molar-refractivity contribution in [2.75, 3.05) is 41.7 Å². The molecule has 2 aromatic rings. The van der Waals surface area contributed by atoms with Gasteiger partial charge in [0, 0.05) is 49.2 Å². The summed E-state index contributed by atoms with van der Waals surface area (Å²) in [6.45, 7) is 7.13. The Morgan fingerprint density at radius 2 is 1.55 bits per heavy atom. The molecule has 1 heterocycles. The van der Waals surface area contributed by atoms with Crippen molar-refractivity contribution in [2.45, 2.75) is 26.7 Å². The van der Waals surface area contributed by atoms with E-state index < -0.39 is 11.8 Å². The van der Waals surface area contributed by atoms with E-state index in [-0.39, 0.29) is 16.8 Å². The van der Waals surface area contributed by atoms with Crippen LogP contribution in [0.1, 0.15) is 26.7 Å². The number of hydrogen-bond donors (Lipinski definition) is 2. The van der Waals surface area contributed by atoms with Gasteiger partial charge in [0.05, 0.1) is 5.02 Å². The Bertz CT molecular complexity index is 910. The molecule has 166 valence electrons. The summed E-state index contributed by atoms with van der Waals surface area (Å²) in [7, 11) is 0. The summed E-state index contributed by atoms with van der Waals surface area (Å²) < 4.78 is 13.2. The molecule has 3 rings (SSSR count). The number of anilines is 3. The normalized spacial score (nSPS) is 14.0. The highest BCUT2D eigenvalue weighted by atomic mass is 35.5. The van der Waals surface area contributed by atoms with Gasteiger partial charge in [-0.1, -0.05) is 25.4 Å². The molecule has 8 heteroatoms.